The molecule has 0 radical (unpaired) electrons. The maximum absolute atomic E-state index is 12.6. The molecule has 112 valence electrons. The van der Waals surface area contributed by atoms with Crippen molar-refractivity contribution in [2.75, 3.05) is 20.2 Å². The minimum atomic E-state index is 0.122. The van der Waals surface area contributed by atoms with Gasteiger partial charge in [-0.25, -0.2) is 4.98 Å². The van der Waals surface area contributed by atoms with Crippen LogP contribution in [0.4, 0.5) is 0 Å². The summed E-state index contributed by atoms with van der Waals surface area (Å²) in [6, 6.07) is 0. The number of thiazole rings is 1. The number of amides is 1. The summed E-state index contributed by atoms with van der Waals surface area (Å²) in [5.41, 5.74) is 0.871. The van der Waals surface area contributed by atoms with Gasteiger partial charge < -0.3 is 9.64 Å². The van der Waals surface area contributed by atoms with E-state index in [1.54, 1.807) is 18.4 Å². The van der Waals surface area contributed by atoms with Crippen molar-refractivity contribution in [3.63, 3.8) is 0 Å². The van der Waals surface area contributed by atoms with E-state index in [1.807, 2.05) is 11.8 Å². The molecule has 0 aliphatic carbocycles. The smallest absolute Gasteiger partial charge is 0.265 e. The molecule has 1 aliphatic heterocycles. The van der Waals surface area contributed by atoms with Gasteiger partial charge in [0.05, 0.1) is 16.8 Å². The summed E-state index contributed by atoms with van der Waals surface area (Å²) in [7, 11) is 1.72. The quantitative estimate of drug-likeness (QED) is 0.858. The van der Waals surface area contributed by atoms with E-state index in [0.717, 1.165) is 41.4 Å². The summed E-state index contributed by atoms with van der Waals surface area (Å²) in [6.45, 7) is 7.81. The molecule has 2 heterocycles. The Morgan fingerprint density at radius 1 is 1.55 bits per heavy atom. The zero-order valence-electron chi connectivity index (χ0n) is 12.8. The molecular weight excluding hydrogens is 272 g/mol. The van der Waals surface area contributed by atoms with Crippen LogP contribution in [0, 0.1) is 12.8 Å². The van der Waals surface area contributed by atoms with Crippen LogP contribution in [-0.4, -0.2) is 42.1 Å². The Kier molecular flexibility index (Phi) is 5.16. The Balaban J connectivity index is 2.10. The fourth-order valence-corrected chi connectivity index (χ4v) is 3.79. The number of hydrogen-bond donors (Lipinski definition) is 0. The van der Waals surface area contributed by atoms with Gasteiger partial charge in [-0.2, -0.15) is 0 Å². The van der Waals surface area contributed by atoms with E-state index in [9.17, 15) is 4.79 Å². The molecule has 2 rings (SSSR count). The van der Waals surface area contributed by atoms with E-state index in [1.165, 1.54) is 0 Å². The lowest BCUT2D eigenvalue weighted by Crippen LogP contribution is -2.42. The Labute approximate surface area is 125 Å². The van der Waals surface area contributed by atoms with E-state index in [0.29, 0.717) is 12.5 Å². The fourth-order valence-electron chi connectivity index (χ4n) is 2.55. The topological polar surface area (TPSA) is 42.4 Å². The largest absolute Gasteiger partial charge is 0.380 e. The maximum Gasteiger partial charge on any atom is 0.265 e. The SMILES string of the molecule is CO[C@@H]1CCCN(C(=O)c2sc(CC(C)C)nc2C)C1. The minimum Gasteiger partial charge on any atom is -0.380 e. The van der Waals surface area contributed by atoms with Crippen molar-refractivity contribution in [2.24, 2.45) is 5.92 Å². The summed E-state index contributed by atoms with van der Waals surface area (Å²) in [5.74, 6) is 0.688. The highest BCUT2D eigenvalue weighted by molar-refractivity contribution is 7.13. The predicted octanol–water partition coefficient (Wildman–Crippen LogP) is 2.90. The maximum atomic E-state index is 12.6. The first-order valence-electron chi connectivity index (χ1n) is 7.29. The molecular formula is C15H24N2O2S. The molecule has 0 unspecified atom stereocenters. The standard InChI is InChI=1S/C15H24N2O2S/c1-10(2)8-13-16-11(3)14(20-13)15(18)17-7-5-6-12(9-17)19-4/h10,12H,5-9H2,1-4H3/t12-/m1/s1. The van der Waals surface area contributed by atoms with Gasteiger partial charge in [-0.15, -0.1) is 11.3 Å². The number of hydrogen-bond acceptors (Lipinski definition) is 4. The Morgan fingerprint density at radius 3 is 2.95 bits per heavy atom. The molecule has 5 heteroatoms. The first kappa shape index (κ1) is 15.4. The lowest BCUT2D eigenvalue weighted by Gasteiger charge is -2.31. The molecule has 0 spiro atoms. The van der Waals surface area contributed by atoms with Crippen molar-refractivity contribution in [2.45, 2.75) is 46.1 Å². The summed E-state index contributed by atoms with van der Waals surface area (Å²) in [4.78, 5) is 19.9. The van der Waals surface area contributed by atoms with Gasteiger partial charge in [-0.3, -0.25) is 4.79 Å². The monoisotopic (exact) mass is 296 g/mol. The molecule has 4 nitrogen and oxygen atoms in total. The average Bonchev–Trinajstić information content (AvgIpc) is 2.77. The van der Waals surface area contributed by atoms with E-state index in [4.69, 9.17) is 4.74 Å². The molecule has 20 heavy (non-hydrogen) atoms. The molecule has 0 saturated carbocycles. The molecule has 1 saturated heterocycles. The Morgan fingerprint density at radius 2 is 2.30 bits per heavy atom. The van der Waals surface area contributed by atoms with E-state index < -0.39 is 0 Å². The van der Waals surface area contributed by atoms with E-state index in [2.05, 4.69) is 18.8 Å². The van der Waals surface area contributed by atoms with Crippen molar-refractivity contribution in [1.82, 2.24) is 9.88 Å². The van der Waals surface area contributed by atoms with Crippen molar-refractivity contribution in [3.05, 3.63) is 15.6 Å². The number of piperidine rings is 1. The molecule has 0 aromatic carbocycles. The highest BCUT2D eigenvalue weighted by atomic mass is 32.1. The third-order valence-corrected chi connectivity index (χ3v) is 4.78. The summed E-state index contributed by atoms with van der Waals surface area (Å²) in [6.07, 6.45) is 3.18. The number of rotatable bonds is 4. The second-order valence-electron chi connectivity index (χ2n) is 5.87. The Bertz CT molecular complexity index is 470. The second-order valence-corrected chi connectivity index (χ2v) is 6.95. The highest BCUT2D eigenvalue weighted by Crippen LogP contribution is 2.24. The van der Waals surface area contributed by atoms with Crippen LogP contribution in [0.15, 0.2) is 0 Å². The lowest BCUT2D eigenvalue weighted by atomic mass is 10.1. The molecule has 1 atom stereocenters. The molecule has 1 aromatic heterocycles. The number of aromatic nitrogens is 1. The predicted molar refractivity (Wildman–Crippen MR) is 81.3 cm³/mol. The van der Waals surface area contributed by atoms with E-state index >= 15 is 0 Å². The molecule has 1 aliphatic rings. The van der Waals surface area contributed by atoms with Gasteiger partial charge in [0.15, 0.2) is 0 Å². The summed E-state index contributed by atoms with van der Waals surface area (Å²) < 4.78 is 5.39. The molecule has 1 amide bonds. The van der Waals surface area contributed by atoms with E-state index in [-0.39, 0.29) is 12.0 Å². The first-order chi connectivity index (χ1) is 9.51. The number of carbonyl (C=O) groups is 1. The van der Waals surface area contributed by atoms with Crippen LogP contribution >= 0.6 is 11.3 Å². The van der Waals surface area contributed by atoms with Crippen molar-refractivity contribution in [1.29, 1.82) is 0 Å². The minimum absolute atomic E-state index is 0.122. The number of likely N-dealkylation sites (tertiary alicyclic amines) is 1. The number of ether oxygens (including phenoxy) is 1. The van der Waals surface area contributed by atoms with Gasteiger partial charge >= 0.3 is 0 Å². The number of aryl methyl sites for hydroxylation is 1. The van der Waals surface area contributed by atoms with Crippen LogP contribution in [-0.2, 0) is 11.2 Å². The highest BCUT2D eigenvalue weighted by Gasteiger charge is 2.27. The molecule has 0 N–H and O–H groups in total. The molecule has 1 aromatic rings. The molecule has 1 fully saturated rings. The lowest BCUT2D eigenvalue weighted by molar-refractivity contribution is 0.0271. The average molecular weight is 296 g/mol. The van der Waals surface area contributed by atoms with Crippen LogP contribution in [0.1, 0.15) is 47.1 Å². The molecule has 0 bridgehead atoms. The van der Waals surface area contributed by atoms with Gasteiger partial charge in [0, 0.05) is 26.6 Å². The third kappa shape index (κ3) is 3.58. The van der Waals surface area contributed by atoms with Crippen LogP contribution < -0.4 is 0 Å². The summed E-state index contributed by atoms with van der Waals surface area (Å²) >= 11 is 1.56. The normalized spacial score (nSPS) is 19.6. The van der Waals surface area contributed by atoms with Gasteiger partial charge in [0.25, 0.3) is 5.91 Å². The van der Waals surface area contributed by atoms with Gasteiger partial charge in [0.1, 0.15) is 4.88 Å². The van der Waals surface area contributed by atoms with Crippen LogP contribution in [0.25, 0.3) is 0 Å². The zero-order valence-corrected chi connectivity index (χ0v) is 13.6. The third-order valence-electron chi connectivity index (χ3n) is 3.62. The number of methoxy groups -OCH3 is 1. The van der Waals surface area contributed by atoms with Crippen molar-refractivity contribution >= 4 is 17.2 Å². The number of nitrogens with zero attached hydrogens (tertiary/aromatic N) is 2. The zero-order chi connectivity index (χ0) is 14.7. The van der Waals surface area contributed by atoms with Crippen molar-refractivity contribution < 1.29 is 9.53 Å². The van der Waals surface area contributed by atoms with Crippen LogP contribution in [0.3, 0.4) is 0 Å². The Hall–Kier alpha value is -0.940. The second kappa shape index (κ2) is 6.68. The number of carbonyl (C=O) groups excluding carboxylic acids is 1. The fraction of sp³-hybridized carbons (Fsp3) is 0.733. The van der Waals surface area contributed by atoms with Crippen molar-refractivity contribution in [3.8, 4) is 0 Å². The van der Waals surface area contributed by atoms with Gasteiger partial charge in [-0.05, 0) is 25.7 Å². The van der Waals surface area contributed by atoms with Crippen LogP contribution in [0.2, 0.25) is 0 Å². The van der Waals surface area contributed by atoms with Gasteiger partial charge in [0.2, 0.25) is 0 Å². The van der Waals surface area contributed by atoms with Gasteiger partial charge in [-0.1, -0.05) is 13.8 Å². The van der Waals surface area contributed by atoms with Crippen LogP contribution in [0.5, 0.6) is 0 Å². The first-order valence-corrected chi connectivity index (χ1v) is 8.11. The summed E-state index contributed by atoms with van der Waals surface area (Å²) in [5, 5.41) is 1.07.